The molecule has 0 saturated carbocycles. The topological polar surface area (TPSA) is 66.4 Å². The number of anilines is 1. The summed E-state index contributed by atoms with van der Waals surface area (Å²) in [5, 5.41) is 3.14. The number of benzene rings is 1. The van der Waals surface area contributed by atoms with Crippen LogP contribution in [0.2, 0.25) is 0 Å². The second-order valence-electron chi connectivity index (χ2n) is 3.49. The molecule has 0 aliphatic carbocycles. The maximum atomic E-state index is 10.5. The Labute approximate surface area is 90.1 Å². The van der Waals surface area contributed by atoms with Crippen LogP contribution in [0.15, 0.2) is 30.3 Å². The summed E-state index contributed by atoms with van der Waals surface area (Å²) in [5.74, 6) is -0.214. The monoisotopic (exact) mass is 229 g/mol. The van der Waals surface area contributed by atoms with E-state index < -0.39 is 10.1 Å². The first-order valence-corrected chi connectivity index (χ1v) is 6.35. The van der Waals surface area contributed by atoms with Crippen LogP contribution in [-0.2, 0) is 10.1 Å². The lowest BCUT2D eigenvalue weighted by molar-refractivity contribution is 0.479. The van der Waals surface area contributed by atoms with E-state index in [1.54, 1.807) is 0 Å². The van der Waals surface area contributed by atoms with E-state index in [2.05, 4.69) is 5.32 Å². The normalized spacial score (nSPS) is 13.5. The number of para-hydroxylation sites is 1. The van der Waals surface area contributed by atoms with Gasteiger partial charge in [-0.05, 0) is 25.5 Å². The quantitative estimate of drug-likeness (QED) is 0.755. The van der Waals surface area contributed by atoms with E-state index in [1.165, 1.54) is 0 Å². The summed E-state index contributed by atoms with van der Waals surface area (Å²) in [6.07, 6.45) is 0.383. The lowest BCUT2D eigenvalue weighted by atomic mass is 10.2. The fourth-order valence-corrected chi connectivity index (χ4v) is 1.87. The Balaban J connectivity index is 2.40. The Morgan fingerprint density at radius 3 is 2.47 bits per heavy atom. The van der Waals surface area contributed by atoms with Crippen molar-refractivity contribution >= 4 is 15.8 Å². The molecule has 1 atom stereocenters. The minimum atomic E-state index is -3.85. The molecule has 1 unspecified atom stereocenters. The maximum Gasteiger partial charge on any atom is 0.264 e. The third-order valence-electron chi connectivity index (χ3n) is 2.00. The molecule has 1 aromatic rings. The molecule has 1 aromatic carbocycles. The predicted molar refractivity (Wildman–Crippen MR) is 60.6 cm³/mol. The van der Waals surface area contributed by atoms with Crippen molar-refractivity contribution in [3.63, 3.8) is 0 Å². The summed E-state index contributed by atoms with van der Waals surface area (Å²) in [6.45, 7) is 1.87. The van der Waals surface area contributed by atoms with Crippen LogP contribution in [0, 0.1) is 0 Å². The largest absolute Gasteiger partial charge is 0.383 e. The highest BCUT2D eigenvalue weighted by Crippen LogP contribution is 2.08. The van der Waals surface area contributed by atoms with Gasteiger partial charge in [-0.2, -0.15) is 8.42 Å². The summed E-state index contributed by atoms with van der Waals surface area (Å²) in [5.41, 5.74) is 0.945. The molecular weight excluding hydrogens is 214 g/mol. The van der Waals surface area contributed by atoms with Gasteiger partial charge in [0.1, 0.15) is 0 Å². The van der Waals surface area contributed by atoms with Gasteiger partial charge in [0, 0.05) is 11.7 Å². The van der Waals surface area contributed by atoms with Gasteiger partial charge in [-0.15, -0.1) is 0 Å². The van der Waals surface area contributed by atoms with Crippen LogP contribution >= 0.6 is 0 Å². The van der Waals surface area contributed by atoms with E-state index in [1.807, 2.05) is 37.3 Å². The van der Waals surface area contributed by atoms with Crippen LogP contribution in [0.25, 0.3) is 0 Å². The van der Waals surface area contributed by atoms with Gasteiger partial charge in [0.25, 0.3) is 10.1 Å². The molecule has 0 aromatic heterocycles. The fourth-order valence-electron chi connectivity index (χ4n) is 1.22. The maximum absolute atomic E-state index is 10.5. The fraction of sp³-hybridized carbons (Fsp3) is 0.400. The first-order valence-electron chi connectivity index (χ1n) is 4.74. The van der Waals surface area contributed by atoms with Gasteiger partial charge in [0.2, 0.25) is 0 Å². The van der Waals surface area contributed by atoms with Crippen molar-refractivity contribution in [3.05, 3.63) is 30.3 Å². The smallest absolute Gasteiger partial charge is 0.264 e. The molecule has 0 bridgehead atoms. The summed E-state index contributed by atoms with van der Waals surface area (Å²) in [7, 11) is -3.85. The molecule has 0 aliphatic rings. The molecule has 5 heteroatoms. The molecule has 0 heterocycles. The molecule has 0 amide bonds. The first kappa shape index (κ1) is 12.0. The van der Waals surface area contributed by atoms with E-state index >= 15 is 0 Å². The van der Waals surface area contributed by atoms with Crippen molar-refractivity contribution in [2.75, 3.05) is 11.1 Å². The molecule has 1 rings (SSSR count). The van der Waals surface area contributed by atoms with Gasteiger partial charge >= 0.3 is 0 Å². The highest BCUT2D eigenvalue weighted by Gasteiger charge is 2.08. The van der Waals surface area contributed by atoms with Crippen molar-refractivity contribution in [1.29, 1.82) is 0 Å². The van der Waals surface area contributed by atoms with Crippen LogP contribution in [0.3, 0.4) is 0 Å². The summed E-state index contributed by atoms with van der Waals surface area (Å²) in [4.78, 5) is 0. The van der Waals surface area contributed by atoms with E-state index in [0.29, 0.717) is 6.42 Å². The molecule has 0 saturated heterocycles. The Hall–Kier alpha value is -1.07. The average Bonchev–Trinajstić information content (AvgIpc) is 2.15. The second-order valence-corrected chi connectivity index (χ2v) is 5.06. The van der Waals surface area contributed by atoms with E-state index in [-0.39, 0.29) is 11.8 Å². The molecule has 0 aliphatic heterocycles. The van der Waals surface area contributed by atoms with Gasteiger partial charge < -0.3 is 5.32 Å². The number of nitrogens with one attached hydrogen (secondary N) is 1. The van der Waals surface area contributed by atoms with Crippen molar-refractivity contribution in [3.8, 4) is 0 Å². The third kappa shape index (κ3) is 5.39. The summed E-state index contributed by atoms with van der Waals surface area (Å²) >= 11 is 0. The number of hydrogen-bond donors (Lipinski definition) is 2. The van der Waals surface area contributed by atoms with Gasteiger partial charge in [0.15, 0.2) is 0 Å². The van der Waals surface area contributed by atoms with Crippen LogP contribution in [0.5, 0.6) is 0 Å². The number of rotatable bonds is 5. The molecular formula is C10H15NO3S. The van der Waals surface area contributed by atoms with Crippen LogP contribution < -0.4 is 5.32 Å². The van der Waals surface area contributed by atoms with E-state index in [4.69, 9.17) is 4.55 Å². The lowest BCUT2D eigenvalue weighted by Gasteiger charge is -2.13. The van der Waals surface area contributed by atoms with Gasteiger partial charge in [-0.1, -0.05) is 18.2 Å². The molecule has 0 spiro atoms. The molecule has 4 nitrogen and oxygen atoms in total. The predicted octanol–water partition coefficient (Wildman–Crippen LogP) is 1.76. The van der Waals surface area contributed by atoms with E-state index in [0.717, 1.165) is 5.69 Å². The lowest BCUT2D eigenvalue weighted by Crippen LogP contribution is -2.19. The van der Waals surface area contributed by atoms with Gasteiger partial charge in [-0.3, -0.25) is 4.55 Å². The van der Waals surface area contributed by atoms with Crippen LogP contribution in [0.4, 0.5) is 5.69 Å². The minimum absolute atomic E-state index is 0.00863. The van der Waals surface area contributed by atoms with Crippen molar-refractivity contribution in [2.24, 2.45) is 0 Å². The highest BCUT2D eigenvalue weighted by atomic mass is 32.2. The molecule has 0 radical (unpaired) electrons. The average molecular weight is 229 g/mol. The SMILES string of the molecule is CC(CCS(=O)(=O)O)Nc1ccccc1. The van der Waals surface area contributed by atoms with E-state index in [9.17, 15) is 8.42 Å². The first-order chi connectivity index (χ1) is 6.97. The Morgan fingerprint density at radius 1 is 1.33 bits per heavy atom. The second kappa shape index (κ2) is 5.14. The van der Waals surface area contributed by atoms with Crippen LogP contribution in [-0.4, -0.2) is 24.8 Å². The summed E-state index contributed by atoms with van der Waals surface area (Å²) < 4.78 is 29.6. The van der Waals surface area contributed by atoms with Gasteiger partial charge in [-0.25, -0.2) is 0 Å². The van der Waals surface area contributed by atoms with Gasteiger partial charge in [0.05, 0.1) is 5.75 Å². The van der Waals surface area contributed by atoms with Crippen molar-refractivity contribution in [1.82, 2.24) is 0 Å². The minimum Gasteiger partial charge on any atom is -0.383 e. The molecule has 2 N–H and O–H groups in total. The zero-order valence-corrected chi connectivity index (χ0v) is 9.37. The summed E-state index contributed by atoms with van der Waals surface area (Å²) in [6, 6.07) is 9.53. The van der Waals surface area contributed by atoms with Crippen molar-refractivity contribution < 1.29 is 13.0 Å². The number of hydrogen-bond acceptors (Lipinski definition) is 3. The zero-order chi connectivity index (χ0) is 11.3. The Morgan fingerprint density at radius 2 is 1.93 bits per heavy atom. The third-order valence-corrected chi connectivity index (χ3v) is 2.75. The molecule has 0 fully saturated rings. The van der Waals surface area contributed by atoms with Crippen molar-refractivity contribution in [2.45, 2.75) is 19.4 Å². The Kier molecular flexibility index (Phi) is 4.11. The van der Waals surface area contributed by atoms with Crippen LogP contribution in [0.1, 0.15) is 13.3 Å². The molecule has 84 valence electrons. The highest BCUT2D eigenvalue weighted by molar-refractivity contribution is 7.85. The Bertz CT molecular complexity index is 388. The molecule has 15 heavy (non-hydrogen) atoms. The standard InChI is InChI=1S/C10H15NO3S/c1-9(7-8-15(12,13)14)11-10-5-3-2-4-6-10/h2-6,9,11H,7-8H2,1H3,(H,12,13,14). The zero-order valence-electron chi connectivity index (χ0n) is 8.55.